The first kappa shape index (κ1) is 17.5. The number of carbonyl (C=O) groups excluding carboxylic acids is 1. The number of hydrogen-bond acceptors (Lipinski definition) is 3. The fraction of sp³-hybridized carbons (Fsp3) is 0.100. The van der Waals surface area contributed by atoms with Crippen molar-refractivity contribution in [1.82, 2.24) is 4.98 Å². The molecule has 1 heterocycles. The predicted octanol–water partition coefficient (Wildman–Crippen LogP) is 4.92. The average molecular weight is 353 g/mol. The molecule has 0 aliphatic carbocycles. The van der Waals surface area contributed by atoms with Crippen LogP contribution in [0.1, 0.15) is 23.0 Å². The maximum atomic E-state index is 13.2. The summed E-state index contributed by atoms with van der Waals surface area (Å²) in [7, 11) is 0. The second kappa shape index (κ2) is 7.74. The van der Waals surface area contributed by atoms with E-state index in [1.54, 1.807) is 12.1 Å². The molecule has 0 atom stereocenters. The highest BCUT2D eigenvalue weighted by molar-refractivity contribution is 6.02. The molecule has 0 bridgehead atoms. The highest BCUT2D eigenvalue weighted by atomic mass is 19.2. The summed E-state index contributed by atoms with van der Waals surface area (Å²) < 4.78 is 26.1. The van der Waals surface area contributed by atoms with E-state index in [0.29, 0.717) is 0 Å². The van der Waals surface area contributed by atoms with Gasteiger partial charge in [0.15, 0.2) is 11.6 Å². The maximum absolute atomic E-state index is 13.2. The molecule has 4 nitrogen and oxygen atoms in total. The Morgan fingerprint density at radius 1 is 0.923 bits per heavy atom. The lowest BCUT2D eigenvalue weighted by molar-refractivity contribution is 0.102. The molecule has 2 aromatic carbocycles. The molecular formula is C20H17F2N3O. The van der Waals surface area contributed by atoms with Crippen molar-refractivity contribution in [3.05, 3.63) is 83.7 Å². The number of rotatable bonds is 5. The lowest BCUT2D eigenvalue weighted by Gasteiger charge is -2.08. The monoisotopic (exact) mass is 353 g/mol. The number of pyridine rings is 1. The van der Waals surface area contributed by atoms with Gasteiger partial charge in [0, 0.05) is 17.4 Å². The molecule has 26 heavy (non-hydrogen) atoms. The van der Waals surface area contributed by atoms with Gasteiger partial charge in [0.1, 0.15) is 5.69 Å². The minimum absolute atomic E-state index is 0.161. The lowest BCUT2D eigenvalue weighted by Crippen LogP contribution is -2.13. The van der Waals surface area contributed by atoms with Crippen LogP contribution in [0.15, 0.2) is 60.8 Å². The smallest absolute Gasteiger partial charge is 0.274 e. The molecule has 0 spiro atoms. The van der Waals surface area contributed by atoms with Gasteiger partial charge < -0.3 is 10.6 Å². The molecule has 0 unspecified atom stereocenters. The summed E-state index contributed by atoms with van der Waals surface area (Å²) in [5.74, 6) is -2.50. The number of halogens is 2. The van der Waals surface area contributed by atoms with Crippen LogP contribution < -0.4 is 10.6 Å². The van der Waals surface area contributed by atoms with Gasteiger partial charge in [-0.2, -0.15) is 0 Å². The first-order chi connectivity index (χ1) is 12.5. The van der Waals surface area contributed by atoms with Gasteiger partial charge in [-0.15, -0.1) is 0 Å². The van der Waals surface area contributed by atoms with E-state index in [1.807, 2.05) is 24.3 Å². The summed E-state index contributed by atoms with van der Waals surface area (Å²) in [5.41, 5.74) is 3.23. The third-order valence-corrected chi connectivity index (χ3v) is 3.82. The third kappa shape index (κ3) is 4.22. The number of anilines is 3. The summed E-state index contributed by atoms with van der Waals surface area (Å²) in [6.07, 6.45) is 2.51. The zero-order chi connectivity index (χ0) is 18.5. The van der Waals surface area contributed by atoms with E-state index in [1.165, 1.54) is 17.8 Å². The fourth-order valence-electron chi connectivity index (χ4n) is 2.36. The van der Waals surface area contributed by atoms with Crippen molar-refractivity contribution in [3.8, 4) is 0 Å². The summed E-state index contributed by atoms with van der Waals surface area (Å²) >= 11 is 0. The summed E-state index contributed by atoms with van der Waals surface area (Å²) in [6.45, 7) is 2.09. The normalized spacial score (nSPS) is 10.4. The van der Waals surface area contributed by atoms with Gasteiger partial charge in [0.2, 0.25) is 0 Å². The molecule has 3 rings (SSSR count). The third-order valence-electron chi connectivity index (χ3n) is 3.82. The highest BCUT2D eigenvalue weighted by Crippen LogP contribution is 2.18. The van der Waals surface area contributed by atoms with E-state index in [2.05, 4.69) is 22.5 Å². The minimum Gasteiger partial charge on any atom is -0.354 e. The van der Waals surface area contributed by atoms with Crippen molar-refractivity contribution >= 4 is 23.0 Å². The zero-order valence-corrected chi connectivity index (χ0v) is 14.1. The van der Waals surface area contributed by atoms with Crippen LogP contribution in [0.5, 0.6) is 0 Å². The predicted molar refractivity (Wildman–Crippen MR) is 97.7 cm³/mol. The highest BCUT2D eigenvalue weighted by Gasteiger charge is 2.10. The molecule has 0 radical (unpaired) electrons. The summed E-state index contributed by atoms with van der Waals surface area (Å²) in [6, 6.07) is 14.5. The topological polar surface area (TPSA) is 54.0 Å². The van der Waals surface area contributed by atoms with Crippen molar-refractivity contribution in [2.24, 2.45) is 0 Å². The van der Waals surface area contributed by atoms with Gasteiger partial charge in [-0.05, 0) is 48.4 Å². The summed E-state index contributed by atoms with van der Waals surface area (Å²) in [5, 5.41) is 5.68. The number of aromatic nitrogens is 1. The molecule has 0 saturated heterocycles. The second-order valence-corrected chi connectivity index (χ2v) is 5.69. The SMILES string of the molecule is CCc1ccc(Nc2ccc(C(=O)Nc3ccc(F)c(F)c3)nc2)cc1. The molecular weight excluding hydrogens is 336 g/mol. The van der Waals surface area contributed by atoms with E-state index in [-0.39, 0.29) is 11.4 Å². The number of carbonyl (C=O) groups is 1. The zero-order valence-electron chi connectivity index (χ0n) is 14.1. The largest absolute Gasteiger partial charge is 0.354 e. The first-order valence-electron chi connectivity index (χ1n) is 8.13. The molecule has 132 valence electrons. The number of benzene rings is 2. The Bertz CT molecular complexity index is 909. The molecule has 0 saturated carbocycles. The van der Waals surface area contributed by atoms with E-state index >= 15 is 0 Å². The van der Waals surface area contributed by atoms with Gasteiger partial charge in [-0.3, -0.25) is 4.79 Å². The van der Waals surface area contributed by atoms with Crippen LogP contribution in [0, 0.1) is 11.6 Å². The first-order valence-corrected chi connectivity index (χ1v) is 8.13. The van der Waals surface area contributed by atoms with Gasteiger partial charge in [-0.1, -0.05) is 19.1 Å². The molecule has 3 aromatic rings. The van der Waals surface area contributed by atoms with E-state index in [0.717, 1.165) is 29.9 Å². The molecule has 6 heteroatoms. The van der Waals surface area contributed by atoms with Crippen LogP contribution >= 0.6 is 0 Å². The van der Waals surface area contributed by atoms with Crippen molar-refractivity contribution in [3.63, 3.8) is 0 Å². The number of aryl methyl sites for hydroxylation is 1. The van der Waals surface area contributed by atoms with Crippen LogP contribution in [0.4, 0.5) is 25.8 Å². The number of nitrogens with one attached hydrogen (secondary N) is 2. The standard InChI is InChI=1S/C20H17F2N3O/c1-2-13-3-5-14(6-4-13)24-16-8-10-19(23-12-16)20(26)25-15-7-9-17(21)18(22)11-15/h3-12,24H,2H2,1H3,(H,25,26). The van der Waals surface area contributed by atoms with Gasteiger partial charge in [0.25, 0.3) is 5.91 Å². The molecule has 2 N–H and O–H groups in total. The Balaban J connectivity index is 1.66. The van der Waals surface area contributed by atoms with Crippen molar-refractivity contribution in [2.75, 3.05) is 10.6 Å². The Labute approximate surface area is 149 Å². The minimum atomic E-state index is -1.02. The summed E-state index contributed by atoms with van der Waals surface area (Å²) in [4.78, 5) is 16.2. The molecule has 1 amide bonds. The van der Waals surface area contributed by atoms with Gasteiger partial charge in [-0.25, -0.2) is 13.8 Å². The van der Waals surface area contributed by atoms with E-state index in [4.69, 9.17) is 0 Å². The van der Waals surface area contributed by atoms with Crippen molar-refractivity contribution in [2.45, 2.75) is 13.3 Å². The van der Waals surface area contributed by atoms with Crippen LogP contribution in [-0.2, 0) is 6.42 Å². The number of amides is 1. The van der Waals surface area contributed by atoms with Crippen molar-refractivity contribution in [1.29, 1.82) is 0 Å². The van der Waals surface area contributed by atoms with Crippen LogP contribution in [0.3, 0.4) is 0 Å². The Morgan fingerprint density at radius 2 is 1.62 bits per heavy atom. The average Bonchev–Trinajstić information content (AvgIpc) is 2.66. The fourth-order valence-corrected chi connectivity index (χ4v) is 2.36. The Morgan fingerprint density at radius 3 is 2.23 bits per heavy atom. The van der Waals surface area contributed by atoms with E-state index < -0.39 is 17.5 Å². The number of nitrogens with zero attached hydrogens (tertiary/aromatic N) is 1. The van der Waals surface area contributed by atoms with Crippen LogP contribution in [0.2, 0.25) is 0 Å². The Kier molecular flexibility index (Phi) is 5.22. The van der Waals surface area contributed by atoms with Gasteiger partial charge >= 0.3 is 0 Å². The second-order valence-electron chi connectivity index (χ2n) is 5.69. The number of hydrogen-bond donors (Lipinski definition) is 2. The lowest BCUT2D eigenvalue weighted by atomic mass is 10.1. The molecule has 0 fully saturated rings. The molecule has 0 aliphatic heterocycles. The quantitative estimate of drug-likeness (QED) is 0.685. The molecule has 0 aliphatic rings. The maximum Gasteiger partial charge on any atom is 0.274 e. The van der Waals surface area contributed by atoms with E-state index in [9.17, 15) is 13.6 Å². The van der Waals surface area contributed by atoms with Crippen LogP contribution in [0.25, 0.3) is 0 Å². The van der Waals surface area contributed by atoms with Crippen molar-refractivity contribution < 1.29 is 13.6 Å². The van der Waals surface area contributed by atoms with Crippen LogP contribution in [-0.4, -0.2) is 10.9 Å². The Hall–Kier alpha value is -3.28. The van der Waals surface area contributed by atoms with Gasteiger partial charge in [0.05, 0.1) is 11.9 Å². The molecule has 1 aromatic heterocycles.